The molecule has 1 fully saturated rings. The molecule has 84 valence electrons. The van der Waals surface area contributed by atoms with Gasteiger partial charge in [-0.05, 0) is 18.2 Å². The van der Waals surface area contributed by atoms with Gasteiger partial charge in [0.25, 0.3) is 0 Å². The molecule has 0 aliphatic carbocycles. The SMILES string of the molecule is N#CC1COCCN1c1ccc(Cl)c(Cl)c1. The summed E-state index contributed by atoms with van der Waals surface area (Å²) in [5.41, 5.74) is 0.907. The van der Waals surface area contributed by atoms with Gasteiger partial charge in [0.05, 0.1) is 29.3 Å². The van der Waals surface area contributed by atoms with E-state index >= 15 is 0 Å². The standard InChI is InChI=1S/C11H10Cl2N2O/c12-10-2-1-8(5-11(10)13)15-3-4-16-7-9(15)6-14/h1-2,5,9H,3-4,7H2. The highest BCUT2D eigenvalue weighted by Crippen LogP contribution is 2.28. The Bertz CT molecular complexity index is 430. The predicted octanol–water partition coefficient (Wildman–Crippen LogP) is 2.72. The molecule has 1 heterocycles. The molecular formula is C11H10Cl2N2O. The fourth-order valence-electron chi connectivity index (χ4n) is 1.68. The number of hydrogen-bond acceptors (Lipinski definition) is 3. The monoisotopic (exact) mass is 256 g/mol. The maximum absolute atomic E-state index is 9.02. The summed E-state index contributed by atoms with van der Waals surface area (Å²) in [7, 11) is 0. The molecule has 0 amide bonds. The third-order valence-corrected chi connectivity index (χ3v) is 3.25. The van der Waals surface area contributed by atoms with E-state index in [-0.39, 0.29) is 6.04 Å². The van der Waals surface area contributed by atoms with Crippen molar-refractivity contribution in [2.75, 3.05) is 24.7 Å². The van der Waals surface area contributed by atoms with Crippen molar-refractivity contribution in [2.24, 2.45) is 0 Å². The fourth-order valence-corrected chi connectivity index (χ4v) is 1.98. The second-order valence-electron chi connectivity index (χ2n) is 3.51. The van der Waals surface area contributed by atoms with E-state index in [0.717, 1.165) is 5.69 Å². The number of benzene rings is 1. The first kappa shape index (κ1) is 11.5. The van der Waals surface area contributed by atoms with Crippen LogP contribution in [0.25, 0.3) is 0 Å². The van der Waals surface area contributed by atoms with E-state index in [4.69, 9.17) is 33.2 Å². The number of morpholine rings is 1. The zero-order chi connectivity index (χ0) is 11.5. The Labute approximate surface area is 104 Å². The van der Waals surface area contributed by atoms with Gasteiger partial charge >= 0.3 is 0 Å². The van der Waals surface area contributed by atoms with Crippen LogP contribution in [0.2, 0.25) is 10.0 Å². The minimum atomic E-state index is -0.258. The molecule has 0 saturated carbocycles. The van der Waals surface area contributed by atoms with Gasteiger partial charge in [0.1, 0.15) is 6.04 Å². The van der Waals surface area contributed by atoms with Crippen molar-refractivity contribution >= 4 is 28.9 Å². The molecule has 1 saturated heterocycles. The van der Waals surface area contributed by atoms with E-state index in [9.17, 15) is 0 Å². The van der Waals surface area contributed by atoms with Gasteiger partial charge < -0.3 is 9.64 Å². The van der Waals surface area contributed by atoms with Crippen LogP contribution >= 0.6 is 23.2 Å². The quantitative estimate of drug-likeness (QED) is 0.776. The Hall–Kier alpha value is -0.950. The predicted molar refractivity (Wildman–Crippen MR) is 64.0 cm³/mol. The van der Waals surface area contributed by atoms with E-state index in [1.54, 1.807) is 12.1 Å². The van der Waals surface area contributed by atoms with Crippen LogP contribution in [0.3, 0.4) is 0 Å². The lowest BCUT2D eigenvalue weighted by molar-refractivity contribution is 0.107. The zero-order valence-corrected chi connectivity index (χ0v) is 10.0. The summed E-state index contributed by atoms with van der Waals surface area (Å²) in [5.74, 6) is 0. The minimum Gasteiger partial charge on any atom is -0.376 e. The molecule has 0 spiro atoms. The first-order valence-electron chi connectivity index (χ1n) is 4.91. The average molecular weight is 257 g/mol. The second-order valence-corrected chi connectivity index (χ2v) is 4.33. The van der Waals surface area contributed by atoms with Crippen molar-refractivity contribution < 1.29 is 4.74 Å². The first-order valence-corrected chi connectivity index (χ1v) is 5.67. The first-order chi connectivity index (χ1) is 7.72. The number of ether oxygens (including phenoxy) is 1. The molecule has 3 nitrogen and oxygen atoms in total. The molecule has 16 heavy (non-hydrogen) atoms. The molecule has 2 rings (SSSR count). The number of nitriles is 1. The topological polar surface area (TPSA) is 36.3 Å². The Morgan fingerprint density at radius 2 is 2.19 bits per heavy atom. The van der Waals surface area contributed by atoms with Gasteiger partial charge in [0.2, 0.25) is 0 Å². The summed E-state index contributed by atoms with van der Waals surface area (Å²) in [5, 5.41) is 10.0. The van der Waals surface area contributed by atoms with Crippen LogP contribution in [0.4, 0.5) is 5.69 Å². The summed E-state index contributed by atoms with van der Waals surface area (Å²) in [6, 6.07) is 7.33. The van der Waals surface area contributed by atoms with Gasteiger partial charge in [-0.15, -0.1) is 0 Å². The molecular weight excluding hydrogens is 247 g/mol. The summed E-state index contributed by atoms with van der Waals surface area (Å²) >= 11 is 11.8. The van der Waals surface area contributed by atoms with Crippen molar-refractivity contribution in [3.63, 3.8) is 0 Å². The molecule has 0 bridgehead atoms. The largest absolute Gasteiger partial charge is 0.376 e. The van der Waals surface area contributed by atoms with E-state index in [1.807, 2.05) is 11.0 Å². The lowest BCUT2D eigenvalue weighted by Gasteiger charge is -2.33. The summed E-state index contributed by atoms with van der Waals surface area (Å²) in [4.78, 5) is 1.98. The molecule has 1 aromatic carbocycles. The van der Waals surface area contributed by atoms with Crippen molar-refractivity contribution in [1.29, 1.82) is 5.26 Å². The second kappa shape index (κ2) is 4.92. The highest BCUT2D eigenvalue weighted by molar-refractivity contribution is 6.42. The van der Waals surface area contributed by atoms with Gasteiger partial charge in [0.15, 0.2) is 0 Å². The van der Waals surface area contributed by atoms with Crippen LogP contribution in [-0.2, 0) is 4.74 Å². The van der Waals surface area contributed by atoms with Crippen molar-refractivity contribution in [1.82, 2.24) is 0 Å². The normalized spacial score (nSPS) is 20.6. The number of hydrogen-bond donors (Lipinski definition) is 0. The van der Waals surface area contributed by atoms with Gasteiger partial charge in [-0.1, -0.05) is 23.2 Å². The molecule has 5 heteroatoms. The third kappa shape index (κ3) is 2.25. The van der Waals surface area contributed by atoms with E-state index in [1.165, 1.54) is 0 Å². The lowest BCUT2D eigenvalue weighted by atomic mass is 10.2. The molecule has 1 atom stereocenters. The van der Waals surface area contributed by atoms with Gasteiger partial charge in [-0.3, -0.25) is 0 Å². The Morgan fingerprint density at radius 3 is 2.88 bits per heavy atom. The Balaban J connectivity index is 2.28. The van der Waals surface area contributed by atoms with Crippen molar-refractivity contribution in [2.45, 2.75) is 6.04 Å². The molecule has 0 radical (unpaired) electrons. The molecule has 1 unspecified atom stereocenters. The minimum absolute atomic E-state index is 0.258. The average Bonchev–Trinajstić information content (AvgIpc) is 2.32. The van der Waals surface area contributed by atoms with Crippen LogP contribution in [0, 0.1) is 11.3 Å². The number of rotatable bonds is 1. The van der Waals surface area contributed by atoms with Gasteiger partial charge in [-0.2, -0.15) is 5.26 Å². The van der Waals surface area contributed by atoms with Crippen LogP contribution < -0.4 is 4.90 Å². The lowest BCUT2D eigenvalue weighted by Crippen LogP contribution is -2.44. The molecule has 0 N–H and O–H groups in total. The van der Waals surface area contributed by atoms with Crippen LogP contribution in [0.15, 0.2) is 18.2 Å². The van der Waals surface area contributed by atoms with Crippen molar-refractivity contribution in [3.05, 3.63) is 28.2 Å². The summed E-state index contributed by atoms with van der Waals surface area (Å²) in [6.45, 7) is 1.74. The molecule has 1 aliphatic rings. The Kier molecular flexibility index (Phi) is 3.55. The maximum Gasteiger partial charge on any atom is 0.140 e. The third-order valence-electron chi connectivity index (χ3n) is 2.51. The zero-order valence-electron chi connectivity index (χ0n) is 8.49. The number of nitrogens with zero attached hydrogens (tertiary/aromatic N) is 2. The maximum atomic E-state index is 9.02. The number of anilines is 1. The van der Waals surface area contributed by atoms with E-state index in [2.05, 4.69) is 6.07 Å². The summed E-state index contributed by atoms with van der Waals surface area (Å²) in [6.07, 6.45) is 0. The fraction of sp³-hybridized carbons (Fsp3) is 0.364. The van der Waals surface area contributed by atoms with Crippen LogP contribution in [0.1, 0.15) is 0 Å². The van der Waals surface area contributed by atoms with Gasteiger partial charge in [-0.25, -0.2) is 0 Å². The molecule has 1 aromatic rings. The van der Waals surface area contributed by atoms with Crippen LogP contribution in [-0.4, -0.2) is 25.8 Å². The Morgan fingerprint density at radius 1 is 1.38 bits per heavy atom. The smallest absolute Gasteiger partial charge is 0.140 e. The van der Waals surface area contributed by atoms with E-state index < -0.39 is 0 Å². The highest BCUT2D eigenvalue weighted by Gasteiger charge is 2.23. The van der Waals surface area contributed by atoms with Gasteiger partial charge in [0, 0.05) is 12.2 Å². The summed E-state index contributed by atoms with van der Waals surface area (Å²) < 4.78 is 5.26. The van der Waals surface area contributed by atoms with E-state index in [0.29, 0.717) is 29.8 Å². The number of halogens is 2. The molecule has 0 aromatic heterocycles. The van der Waals surface area contributed by atoms with Crippen molar-refractivity contribution in [3.8, 4) is 6.07 Å². The molecule has 1 aliphatic heterocycles. The highest BCUT2D eigenvalue weighted by atomic mass is 35.5. The van der Waals surface area contributed by atoms with Crippen LogP contribution in [0.5, 0.6) is 0 Å².